The zero-order chi connectivity index (χ0) is 18.5. The van der Waals surface area contributed by atoms with E-state index in [1.807, 2.05) is 36.1 Å². The maximum Gasteiger partial charge on any atom is 0.227 e. The summed E-state index contributed by atoms with van der Waals surface area (Å²) in [4.78, 5) is 21.2. The normalized spacial score (nSPS) is 18.2. The van der Waals surface area contributed by atoms with Gasteiger partial charge in [-0.2, -0.15) is 4.98 Å². The smallest absolute Gasteiger partial charge is 0.227 e. The van der Waals surface area contributed by atoms with Crippen molar-refractivity contribution in [3.05, 3.63) is 35.7 Å². The zero-order valence-electron chi connectivity index (χ0n) is 15.9. The van der Waals surface area contributed by atoms with Gasteiger partial charge in [-0.3, -0.25) is 4.79 Å². The van der Waals surface area contributed by atoms with Crippen LogP contribution in [0.15, 0.2) is 28.8 Å². The first-order valence-electron chi connectivity index (χ1n) is 9.37. The van der Waals surface area contributed by atoms with Gasteiger partial charge in [0.05, 0.1) is 0 Å². The highest BCUT2D eigenvalue weighted by molar-refractivity contribution is 5.76. The molecular formula is C20H28N4O2. The molecule has 1 aromatic carbocycles. The minimum absolute atomic E-state index is 0.180. The molecule has 140 valence electrons. The monoisotopic (exact) mass is 356 g/mol. The number of carbonyl (C=O) groups is 1. The second kappa shape index (κ2) is 8.45. The van der Waals surface area contributed by atoms with Crippen LogP contribution in [0.5, 0.6) is 0 Å². The number of nitrogens with zero attached hydrogens (tertiary/aromatic N) is 4. The lowest BCUT2D eigenvalue weighted by Gasteiger charge is -2.23. The molecule has 1 aliphatic rings. The fourth-order valence-electron chi connectivity index (χ4n) is 3.47. The Bertz CT molecular complexity index is 741. The minimum Gasteiger partial charge on any atom is -0.343 e. The van der Waals surface area contributed by atoms with E-state index in [-0.39, 0.29) is 5.91 Å². The van der Waals surface area contributed by atoms with E-state index in [4.69, 9.17) is 4.52 Å². The van der Waals surface area contributed by atoms with E-state index in [1.54, 1.807) is 0 Å². The first-order valence-corrected chi connectivity index (χ1v) is 9.37. The van der Waals surface area contributed by atoms with Crippen LogP contribution in [0.3, 0.4) is 0 Å². The maximum absolute atomic E-state index is 12.5. The molecule has 0 aliphatic carbocycles. The molecule has 2 aromatic rings. The van der Waals surface area contributed by atoms with E-state index in [2.05, 4.69) is 29.1 Å². The van der Waals surface area contributed by atoms with Crippen molar-refractivity contribution in [3.63, 3.8) is 0 Å². The molecule has 1 amide bonds. The van der Waals surface area contributed by atoms with Gasteiger partial charge in [0.2, 0.25) is 17.6 Å². The van der Waals surface area contributed by atoms with Crippen molar-refractivity contribution in [2.75, 3.05) is 27.2 Å². The first kappa shape index (κ1) is 18.6. The topological polar surface area (TPSA) is 62.5 Å². The third-order valence-electron chi connectivity index (χ3n) is 5.08. The van der Waals surface area contributed by atoms with Crippen LogP contribution in [-0.4, -0.2) is 59.1 Å². The Morgan fingerprint density at radius 2 is 2.15 bits per heavy atom. The van der Waals surface area contributed by atoms with Crippen molar-refractivity contribution >= 4 is 5.91 Å². The molecule has 3 rings (SSSR count). The summed E-state index contributed by atoms with van der Waals surface area (Å²) in [7, 11) is 4.23. The van der Waals surface area contributed by atoms with E-state index < -0.39 is 0 Å². The molecule has 6 heteroatoms. The molecule has 26 heavy (non-hydrogen) atoms. The van der Waals surface area contributed by atoms with Crippen LogP contribution in [0.1, 0.15) is 37.1 Å². The number of benzene rings is 1. The van der Waals surface area contributed by atoms with Crippen LogP contribution in [0.2, 0.25) is 0 Å². The van der Waals surface area contributed by atoms with Crippen molar-refractivity contribution in [1.29, 1.82) is 0 Å². The molecule has 0 spiro atoms. The lowest BCUT2D eigenvalue weighted by molar-refractivity contribution is -0.131. The van der Waals surface area contributed by atoms with E-state index in [0.717, 1.165) is 43.5 Å². The summed E-state index contributed by atoms with van der Waals surface area (Å²) in [5, 5.41) is 4.05. The first-order chi connectivity index (χ1) is 12.5. The third kappa shape index (κ3) is 4.69. The zero-order valence-corrected chi connectivity index (χ0v) is 15.9. The number of aryl methyl sites for hydroxylation is 2. The van der Waals surface area contributed by atoms with Gasteiger partial charge < -0.3 is 14.3 Å². The summed E-state index contributed by atoms with van der Waals surface area (Å²) in [6.45, 7) is 3.72. The predicted molar refractivity (Wildman–Crippen MR) is 101 cm³/mol. The van der Waals surface area contributed by atoms with Gasteiger partial charge in [-0.1, -0.05) is 28.9 Å². The Morgan fingerprint density at radius 1 is 1.31 bits per heavy atom. The van der Waals surface area contributed by atoms with Crippen LogP contribution >= 0.6 is 0 Å². The predicted octanol–water partition coefficient (Wildman–Crippen LogP) is 2.92. The number of amides is 1. The molecule has 1 aliphatic heterocycles. The molecule has 0 saturated carbocycles. The number of hydrogen-bond acceptors (Lipinski definition) is 5. The summed E-state index contributed by atoms with van der Waals surface area (Å²) in [6, 6.07) is 8.57. The molecule has 6 nitrogen and oxygen atoms in total. The Balaban J connectivity index is 1.53. The van der Waals surface area contributed by atoms with Gasteiger partial charge in [0.1, 0.15) is 0 Å². The van der Waals surface area contributed by atoms with E-state index >= 15 is 0 Å². The number of likely N-dealkylation sites (tertiary alicyclic amines) is 1. The second-order valence-corrected chi connectivity index (χ2v) is 7.31. The summed E-state index contributed by atoms with van der Waals surface area (Å²) in [5.74, 6) is 1.29. The van der Waals surface area contributed by atoms with Gasteiger partial charge in [-0.15, -0.1) is 0 Å². The molecule has 0 N–H and O–H groups in total. The quantitative estimate of drug-likeness (QED) is 0.824. The highest BCUT2D eigenvalue weighted by Gasteiger charge is 2.22. The van der Waals surface area contributed by atoms with Gasteiger partial charge in [-0.25, -0.2) is 0 Å². The van der Waals surface area contributed by atoms with Gasteiger partial charge in [0.15, 0.2) is 0 Å². The minimum atomic E-state index is 0.180. The molecule has 0 bridgehead atoms. The van der Waals surface area contributed by atoms with Crippen molar-refractivity contribution in [1.82, 2.24) is 19.9 Å². The lowest BCUT2D eigenvalue weighted by Crippen LogP contribution is -2.33. The molecule has 1 saturated heterocycles. The molecule has 2 heterocycles. The van der Waals surface area contributed by atoms with Crippen LogP contribution in [-0.2, 0) is 11.2 Å². The highest BCUT2D eigenvalue weighted by Crippen LogP contribution is 2.18. The number of rotatable bonds is 5. The van der Waals surface area contributed by atoms with E-state index in [1.165, 1.54) is 0 Å². The molecule has 1 atom stereocenters. The Labute approximate surface area is 155 Å². The van der Waals surface area contributed by atoms with Crippen molar-refractivity contribution in [3.8, 4) is 11.4 Å². The molecule has 1 aromatic heterocycles. The van der Waals surface area contributed by atoms with E-state index in [0.29, 0.717) is 30.6 Å². The third-order valence-corrected chi connectivity index (χ3v) is 5.08. The van der Waals surface area contributed by atoms with Gasteiger partial charge in [0.25, 0.3) is 0 Å². The largest absolute Gasteiger partial charge is 0.343 e. The number of hydrogen-bond donors (Lipinski definition) is 0. The fraction of sp³-hybridized carbons (Fsp3) is 0.550. The fourth-order valence-corrected chi connectivity index (χ4v) is 3.47. The standard InChI is InChI=1S/C20H28N4O2/c1-15-6-4-7-16(14-15)20-21-18(26-22-20)9-10-19(25)24-12-5-8-17(11-13-24)23(2)3/h4,6-7,14,17H,5,8-13H2,1-3H3. The molecule has 1 fully saturated rings. The number of carbonyl (C=O) groups excluding carboxylic acids is 1. The van der Waals surface area contributed by atoms with Gasteiger partial charge in [0, 0.05) is 37.5 Å². The lowest BCUT2D eigenvalue weighted by atomic mass is 10.1. The molecule has 0 radical (unpaired) electrons. The Morgan fingerprint density at radius 3 is 2.92 bits per heavy atom. The second-order valence-electron chi connectivity index (χ2n) is 7.31. The number of aromatic nitrogens is 2. The molecule has 1 unspecified atom stereocenters. The SMILES string of the molecule is Cc1cccc(-c2noc(CCC(=O)N3CCCC(N(C)C)CC3)n2)c1. The average Bonchev–Trinajstić information content (AvgIpc) is 2.95. The summed E-state index contributed by atoms with van der Waals surface area (Å²) < 4.78 is 5.33. The van der Waals surface area contributed by atoms with E-state index in [9.17, 15) is 4.79 Å². The average molecular weight is 356 g/mol. The van der Waals surface area contributed by atoms with Crippen LogP contribution in [0.4, 0.5) is 0 Å². The maximum atomic E-state index is 12.5. The van der Waals surface area contributed by atoms with Crippen LogP contribution in [0, 0.1) is 6.92 Å². The Hall–Kier alpha value is -2.21. The molecular weight excluding hydrogens is 328 g/mol. The van der Waals surface area contributed by atoms with Crippen molar-refractivity contribution in [2.45, 2.75) is 45.1 Å². The Kier molecular flexibility index (Phi) is 6.04. The van der Waals surface area contributed by atoms with Crippen LogP contribution in [0.25, 0.3) is 11.4 Å². The van der Waals surface area contributed by atoms with Gasteiger partial charge >= 0.3 is 0 Å². The van der Waals surface area contributed by atoms with Crippen molar-refractivity contribution in [2.24, 2.45) is 0 Å². The van der Waals surface area contributed by atoms with Crippen molar-refractivity contribution < 1.29 is 9.32 Å². The van der Waals surface area contributed by atoms with Gasteiger partial charge in [-0.05, 0) is 46.3 Å². The summed E-state index contributed by atoms with van der Waals surface area (Å²) in [6.07, 6.45) is 4.16. The van der Waals surface area contributed by atoms with Crippen LogP contribution < -0.4 is 0 Å². The highest BCUT2D eigenvalue weighted by atomic mass is 16.5. The summed E-state index contributed by atoms with van der Waals surface area (Å²) >= 11 is 0. The summed E-state index contributed by atoms with van der Waals surface area (Å²) in [5.41, 5.74) is 2.09.